The van der Waals surface area contributed by atoms with Gasteiger partial charge in [-0.05, 0) is 65.4 Å². The standard InChI is InChI=1S/C25H21Br3N2O4/c1-2-33-20-8-16(19(28)10-21(20)34-12-15-5-6-17(26)9-18(15)27)11-29-30-24(31)22-13-3-4-14(7-13)23(22)25(30)32/h3-6,8-11,13-14,22-23H,2,7,12H2,1H3/t13-,14-,22-,23+/m0/s1. The van der Waals surface area contributed by atoms with Crippen LogP contribution < -0.4 is 9.47 Å². The van der Waals surface area contributed by atoms with Gasteiger partial charge in [0.05, 0.1) is 24.7 Å². The maximum Gasteiger partial charge on any atom is 0.254 e. The van der Waals surface area contributed by atoms with Crippen molar-refractivity contribution in [3.8, 4) is 11.5 Å². The molecule has 6 nitrogen and oxygen atoms in total. The van der Waals surface area contributed by atoms with Crippen LogP contribution >= 0.6 is 47.8 Å². The highest BCUT2D eigenvalue weighted by Crippen LogP contribution is 2.52. The number of nitrogens with zero attached hydrogens (tertiary/aromatic N) is 2. The fourth-order valence-electron chi connectivity index (χ4n) is 4.95. The van der Waals surface area contributed by atoms with Gasteiger partial charge in [-0.15, -0.1) is 0 Å². The molecule has 9 heteroatoms. The Hall–Kier alpha value is -1.97. The normalized spacial score (nSPS) is 25.0. The third-order valence-electron chi connectivity index (χ3n) is 6.52. The molecule has 2 amide bonds. The molecule has 0 unspecified atom stereocenters. The summed E-state index contributed by atoms with van der Waals surface area (Å²) in [5.41, 5.74) is 1.67. The van der Waals surface area contributed by atoms with Gasteiger partial charge in [0.15, 0.2) is 11.5 Å². The number of fused-ring (bicyclic) bond motifs is 5. The molecule has 2 aliphatic carbocycles. The number of carbonyl (C=O) groups excluding carboxylic acids is 2. The predicted octanol–water partition coefficient (Wildman–Crippen LogP) is 6.09. The van der Waals surface area contributed by atoms with Gasteiger partial charge >= 0.3 is 0 Å². The van der Waals surface area contributed by atoms with Crippen molar-refractivity contribution in [2.45, 2.75) is 20.0 Å². The second kappa shape index (κ2) is 9.59. The fraction of sp³-hybridized carbons (Fsp3) is 0.320. The van der Waals surface area contributed by atoms with E-state index < -0.39 is 0 Å². The van der Waals surface area contributed by atoms with Crippen molar-refractivity contribution in [1.82, 2.24) is 5.01 Å². The molecule has 0 aromatic heterocycles. The van der Waals surface area contributed by atoms with Crippen LogP contribution in [-0.2, 0) is 16.2 Å². The summed E-state index contributed by atoms with van der Waals surface area (Å²) in [5.74, 6) is 0.500. The minimum atomic E-state index is -0.268. The van der Waals surface area contributed by atoms with Gasteiger partial charge in [0, 0.05) is 24.5 Å². The Kier molecular flexibility index (Phi) is 6.70. The Morgan fingerprint density at radius 3 is 2.29 bits per heavy atom. The van der Waals surface area contributed by atoms with Crippen LogP contribution in [0.1, 0.15) is 24.5 Å². The van der Waals surface area contributed by atoms with E-state index in [2.05, 4.69) is 65.0 Å². The van der Waals surface area contributed by atoms with Crippen LogP contribution in [0.5, 0.6) is 11.5 Å². The highest BCUT2D eigenvalue weighted by Gasteiger charge is 2.59. The van der Waals surface area contributed by atoms with E-state index in [1.165, 1.54) is 6.21 Å². The monoisotopic (exact) mass is 650 g/mol. The Morgan fingerprint density at radius 2 is 1.65 bits per heavy atom. The van der Waals surface area contributed by atoms with Gasteiger partial charge in [0.2, 0.25) is 0 Å². The van der Waals surface area contributed by atoms with Gasteiger partial charge in [-0.1, -0.05) is 50.1 Å². The van der Waals surface area contributed by atoms with Gasteiger partial charge in [-0.2, -0.15) is 10.1 Å². The molecule has 0 N–H and O–H groups in total. The number of carbonyl (C=O) groups is 2. The van der Waals surface area contributed by atoms with Crippen LogP contribution in [0.3, 0.4) is 0 Å². The van der Waals surface area contributed by atoms with Crippen LogP contribution in [0.4, 0.5) is 0 Å². The van der Waals surface area contributed by atoms with Gasteiger partial charge in [-0.3, -0.25) is 9.59 Å². The van der Waals surface area contributed by atoms with E-state index >= 15 is 0 Å². The summed E-state index contributed by atoms with van der Waals surface area (Å²) in [6.45, 7) is 2.70. The number of hydrogen-bond acceptors (Lipinski definition) is 5. The molecular weight excluding hydrogens is 632 g/mol. The van der Waals surface area contributed by atoms with Crippen LogP contribution in [0.15, 0.2) is 61.0 Å². The minimum absolute atomic E-state index is 0.158. The van der Waals surface area contributed by atoms with Crippen molar-refractivity contribution < 1.29 is 19.1 Å². The first-order valence-corrected chi connectivity index (χ1v) is 13.4. The molecule has 4 atom stereocenters. The number of hydrogen-bond donors (Lipinski definition) is 0. The first kappa shape index (κ1) is 23.8. The molecular formula is C25H21Br3N2O4. The topological polar surface area (TPSA) is 68.2 Å². The second-order valence-corrected chi connectivity index (χ2v) is 11.1. The third kappa shape index (κ3) is 4.27. The average molecular weight is 653 g/mol. The van der Waals surface area contributed by atoms with Crippen molar-refractivity contribution in [1.29, 1.82) is 0 Å². The predicted molar refractivity (Wildman–Crippen MR) is 139 cm³/mol. The summed E-state index contributed by atoms with van der Waals surface area (Å²) in [6, 6.07) is 9.50. The van der Waals surface area contributed by atoms with Gasteiger partial charge in [0.25, 0.3) is 11.8 Å². The number of hydrazone groups is 1. The average Bonchev–Trinajstić information content (AvgIpc) is 3.48. The Morgan fingerprint density at radius 1 is 0.971 bits per heavy atom. The van der Waals surface area contributed by atoms with Crippen molar-refractivity contribution in [3.05, 3.63) is 67.0 Å². The molecule has 3 aliphatic rings. The molecule has 2 fully saturated rings. The quantitative estimate of drug-likeness (QED) is 0.206. The van der Waals surface area contributed by atoms with Crippen molar-refractivity contribution in [2.75, 3.05) is 6.61 Å². The molecule has 2 aromatic carbocycles. The lowest BCUT2D eigenvalue weighted by atomic mass is 9.85. The number of allylic oxidation sites excluding steroid dienone is 2. The van der Waals surface area contributed by atoms with Crippen LogP contribution in [-0.4, -0.2) is 29.6 Å². The first-order chi connectivity index (χ1) is 16.4. The van der Waals surface area contributed by atoms with Crippen molar-refractivity contribution in [3.63, 3.8) is 0 Å². The molecule has 2 bridgehead atoms. The fourth-order valence-corrected chi connectivity index (χ4v) is 6.53. The van der Waals surface area contributed by atoms with E-state index in [0.717, 1.165) is 25.9 Å². The SMILES string of the molecule is CCOc1cc(C=NN2C(=O)[C@@H]3[C@H](C2=O)[C@H]2C=C[C@H]3C2)c(Br)cc1OCc1ccc(Br)cc1Br. The molecule has 2 aromatic rings. The summed E-state index contributed by atoms with van der Waals surface area (Å²) >= 11 is 10.6. The summed E-state index contributed by atoms with van der Waals surface area (Å²) in [7, 11) is 0. The largest absolute Gasteiger partial charge is 0.490 e. The van der Waals surface area contributed by atoms with E-state index in [0.29, 0.717) is 34.7 Å². The molecule has 1 heterocycles. The highest BCUT2D eigenvalue weighted by atomic mass is 79.9. The number of amides is 2. The zero-order valence-electron chi connectivity index (χ0n) is 18.2. The summed E-state index contributed by atoms with van der Waals surface area (Å²) in [4.78, 5) is 25.8. The zero-order valence-corrected chi connectivity index (χ0v) is 23.0. The van der Waals surface area contributed by atoms with Crippen molar-refractivity contribution in [2.24, 2.45) is 28.8 Å². The van der Waals surface area contributed by atoms with Crippen LogP contribution in [0.2, 0.25) is 0 Å². The molecule has 1 saturated heterocycles. The highest BCUT2D eigenvalue weighted by molar-refractivity contribution is 9.11. The molecule has 1 saturated carbocycles. The Balaban J connectivity index is 1.35. The summed E-state index contributed by atoms with van der Waals surface area (Å²) < 4.78 is 14.5. The molecule has 1 aliphatic heterocycles. The lowest BCUT2D eigenvalue weighted by molar-refractivity contribution is -0.140. The molecule has 34 heavy (non-hydrogen) atoms. The third-order valence-corrected chi connectivity index (χ3v) is 8.44. The zero-order chi connectivity index (χ0) is 24.0. The number of imide groups is 1. The van der Waals surface area contributed by atoms with Gasteiger partial charge in [-0.25, -0.2) is 0 Å². The number of ether oxygens (including phenoxy) is 2. The molecule has 0 radical (unpaired) electrons. The van der Waals surface area contributed by atoms with Crippen LogP contribution in [0, 0.1) is 23.7 Å². The second-order valence-electron chi connectivity index (χ2n) is 8.51. The first-order valence-electron chi connectivity index (χ1n) is 11.0. The van der Waals surface area contributed by atoms with Crippen molar-refractivity contribution >= 4 is 65.8 Å². The lowest BCUT2D eigenvalue weighted by Crippen LogP contribution is -2.28. The smallest absolute Gasteiger partial charge is 0.254 e. The number of rotatable bonds is 7. The minimum Gasteiger partial charge on any atom is -0.490 e. The molecule has 0 spiro atoms. The molecule has 176 valence electrons. The van der Waals surface area contributed by atoms with E-state index in [4.69, 9.17) is 9.47 Å². The lowest BCUT2D eigenvalue weighted by Gasteiger charge is -2.15. The maximum atomic E-state index is 12.9. The van der Waals surface area contributed by atoms with Gasteiger partial charge < -0.3 is 9.47 Å². The van der Waals surface area contributed by atoms with Crippen LogP contribution in [0.25, 0.3) is 0 Å². The maximum absolute atomic E-state index is 12.9. The summed E-state index contributed by atoms with van der Waals surface area (Å²) in [6.07, 6.45) is 6.56. The van der Waals surface area contributed by atoms with E-state index in [-0.39, 0.29) is 35.5 Å². The Bertz CT molecular complexity index is 1200. The Labute approximate surface area is 222 Å². The van der Waals surface area contributed by atoms with Gasteiger partial charge in [0.1, 0.15) is 6.61 Å². The summed E-state index contributed by atoms with van der Waals surface area (Å²) in [5, 5.41) is 5.33. The molecule has 5 rings (SSSR count). The van der Waals surface area contributed by atoms with E-state index in [9.17, 15) is 9.59 Å². The van der Waals surface area contributed by atoms with E-state index in [1.54, 1.807) is 6.07 Å². The number of halogens is 3. The number of benzene rings is 2. The van der Waals surface area contributed by atoms with E-state index in [1.807, 2.05) is 31.2 Å².